The van der Waals surface area contributed by atoms with Crippen LogP contribution >= 0.6 is 23.4 Å². The summed E-state index contributed by atoms with van der Waals surface area (Å²) in [5, 5.41) is 4.27. The van der Waals surface area contributed by atoms with Gasteiger partial charge in [-0.05, 0) is 53.7 Å². The highest BCUT2D eigenvalue weighted by atomic mass is 35.5. The predicted molar refractivity (Wildman–Crippen MR) is 90.7 cm³/mol. The maximum Gasteiger partial charge on any atom is 0.446 e. The monoisotopic (exact) mass is 428 g/mol. The van der Waals surface area contributed by atoms with Gasteiger partial charge in [-0.1, -0.05) is 17.7 Å². The average Bonchev–Trinajstić information content (AvgIpc) is 2.53. The van der Waals surface area contributed by atoms with Crippen molar-refractivity contribution in [3.8, 4) is 0 Å². The van der Waals surface area contributed by atoms with Crippen LogP contribution in [0.1, 0.15) is 11.1 Å². The van der Waals surface area contributed by atoms with Gasteiger partial charge in [-0.25, -0.2) is 4.79 Å². The van der Waals surface area contributed by atoms with Gasteiger partial charge in [0.15, 0.2) is 0 Å². The molecule has 0 heterocycles. The lowest BCUT2D eigenvalue weighted by molar-refractivity contribution is -0.137. The van der Waals surface area contributed by atoms with Crippen LogP contribution in [-0.2, 0) is 12.7 Å². The van der Waals surface area contributed by atoms with E-state index in [0.29, 0.717) is 0 Å². The lowest BCUT2D eigenvalue weighted by Crippen LogP contribution is -2.28. The molecular formula is C16H11ClF6N2OS. The van der Waals surface area contributed by atoms with E-state index in [0.717, 1.165) is 12.1 Å². The number of urea groups is 1. The zero-order chi connectivity index (χ0) is 20.2. The second-order valence-electron chi connectivity index (χ2n) is 5.19. The molecule has 2 amide bonds. The maximum absolute atomic E-state index is 12.8. The van der Waals surface area contributed by atoms with E-state index in [-0.39, 0.29) is 34.5 Å². The van der Waals surface area contributed by atoms with Gasteiger partial charge in [-0.3, -0.25) is 0 Å². The smallest absolute Gasteiger partial charge is 0.334 e. The highest BCUT2D eigenvalue weighted by Crippen LogP contribution is 2.37. The number of amides is 2. The first-order valence-electron chi connectivity index (χ1n) is 7.20. The van der Waals surface area contributed by atoms with E-state index in [4.69, 9.17) is 11.6 Å². The number of benzene rings is 2. The summed E-state index contributed by atoms with van der Waals surface area (Å²) in [6, 6.07) is 7.43. The van der Waals surface area contributed by atoms with E-state index in [1.165, 1.54) is 30.3 Å². The zero-order valence-electron chi connectivity index (χ0n) is 13.2. The number of carbonyl (C=O) groups is 1. The quantitative estimate of drug-likeness (QED) is 0.443. The van der Waals surface area contributed by atoms with E-state index < -0.39 is 28.3 Å². The molecule has 2 aromatic carbocycles. The van der Waals surface area contributed by atoms with Crippen LogP contribution in [0.15, 0.2) is 47.4 Å². The molecule has 27 heavy (non-hydrogen) atoms. The van der Waals surface area contributed by atoms with Gasteiger partial charge in [0, 0.05) is 17.1 Å². The number of thioether (sulfide) groups is 1. The van der Waals surface area contributed by atoms with Crippen LogP contribution in [-0.4, -0.2) is 11.5 Å². The van der Waals surface area contributed by atoms with Crippen molar-refractivity contribution in [2.75, 3.05) is 5.32 Å². The fraction of sp³-hybridized carbons (Fsp3) is 0.188. The average molecular weight is 429 g/mol. The molecule has 3 nitrogen and oxygen atoms in total. The molecular weight excluding hydrogens is 418 g/mol. The number of halogens is 7. The molecule has 0 spiro atoms. The van der Waals surface area contributed by atoms with Crippen molar-refractivity contribution >= 4 is 35.1 Å². The van der Waals surface area contributed by atoms with Crippen LogP contribution in [0.5, 0.6) is 0 Å². The minimum atomic E-state index is -4.62. The van der Waals surface area contributed by atoms with E-state index in [9.17, 15) is 31.1 Å². The molecule has 0 aliphatic carbocycles. The van der Waals surface area contributed by atoms with Crippen molar-refractivity contribution in [1.29, 1.82) is 0 Å². The van der Waals surface area contributed by atoms with Crippen LogP contribution in [0.2, 0.25) is 5.02 Å². The Morgan fingerprint density at radius 2 is 1.63 bits per heavy atom. The predicted octanol–water partition coefficient (Wildman–Crippen LogP) is 6.29. The molecule has 0 saturated carbocycles. The Labute approximate surface area is 159 Å². The summed E-state index contributed by atoms with van der Waals surface area (Å²) >= 11 is 5.22. The first kappa shape index (κ1) is 21.2. The minimum absolute atomic E-state index is 0.0469. The van der Waals surface area contributed by atoms with Gasteiger partial charge in [0.2, 0.25) is 0 Å². The van der Waals surface area contributed by atoms with E-state index in [2.05, 4.69) is 10.6 Å². The minimum Gasteiger partial charge on any atom is -0.334 e. The first-order valence-corrected chi connectivity index (χ1v) is 8.40. The Balaban J connectivity index is 1.93. The third-order valence-corrected chi connectivity index (χ3v) is 4.20. The normalized spacial score (nSPS) is 12.0. The van der Waals surface area contributed by atoms with Crippen LogP contribution in [0.4, 0.5) is 36.8 Å². The Kier molecular flexibility index (Phi) is 6.53. The van der Waals surface area contributed by atoms with Crippen LogP contribution < -0.4 is 10.6 Å². The summed E-state index contributed by atoms with van der Waals surface area (Å²) in [6.07, 6.45) is -4.62. The molecule has 0 unspecified atom stereocenters. The summed E-state index contributed by atoms with van der Waals surface area (Å²) in [4.78, 5) is 11.7. The van der Waals surface area contributed by atoms with Gasteiger partial charge in [-0.2, -0.15) is 26.3 Å². The summed E-state index contributed by atoms with van der Waals surface area (Å²) in [5.74, 6) is 0. The van der Waals surface area contributed by atoms with Crippen molar-refractivity contribution in [3.63, 3.8) is 0 Å². The Morgan fingerprint density at radius 3 is 2.19 bits per heavy atom. The summed E-state index contributed by atoms with van der Waals surface area (Å²) in [5.41, 5.74) is -5.02. The van der Waals surface area contributed by atoms with Crippen LogP contribution in [0.25, 0.3) is 0 Å². The largest absolute Gasteiger partial charge is 0.446 e. The maximum atomic E-state index is 12.8. The number of anilines is 1. The highest BCUT2D eigenvalue weighted by molar-refractivity contribution is 8.00. The molecule has 11 heteroatoms. The van der Waals surface area contributed by atoms with Gasteiger partial charge < -0.3 is 10.6 Å². The molecule has 2 rings (SSSR count). The number of nitrogens with one attached hydrogen (secondary N) is 2. The number of rotatable bonds is 4. The van der Waals surface area contributed by atoms with Crippen molar-refractivity contribution in [2.24, 2.45) is 0 Å². The second kappa shape index (κ2) is 8.30. The number of hydrogen-bond acceptors (Lipinski definition) is 2. The summed E-state index contributed by atoms with van der Waals surface area (Å²) < 4.78 is 75.1. The van der Waals surface area contributed by atoms with Crippen LogP contribution in [0, 0.1) is 0 Å². The summed E-state index contributed by atoms with van der Waals surface area (Å²) in [6.45, 7) is -0.200. The molecule has 0 atom stereocenters. The second-order valence-corrected chi connectivity index (χ2v) is 6.74. The number of hydrogen-bond donors (Lipinski definition) is 2. The molecule has 0 radical (unpaired) electrons. The molecule has 0 aromatic heterocycles. The van der Waals surface area contributed by atoms with Gasteiger partial charge in [-0.15, -0.1) is 0 Å². The Bertz CT molecular complexity index is 808. The Hall–Kier alpha value is -2.07. The topological polar surface area (TPSA) is 41.1 Å². The highest BCUT2D eigenvalue weighted by Gasteiger charge is 2.33. The van der Waals surface area contributed by atoms with Gasteiger partial charge in [0.25, 0.3) is 0 Å². The molecule has 146 valence electrons. The third-order valence-electron chi connectivity index (χ3n) is 3.14. The fourth-order valence-electron chi connectivity index (χ4n) is 2.00. The lowest BCUT2D eigenvalue weighted by Gasteiger charge is -2.12. The molecule has 0 fully saturated rings. The molecule has 0 saturated heterocycles. The third kappa shape index (κ3) is 6.87. The number of carbonyl (C=O) groups excluding carboxylic acids is 1. The van der Waals surface area contributed by atoms with Gasteiger partial charge in [0.1, 0.15) is 0 Å². The fourth-order valence-corrected chi connectivity index (χ4v) is 2.76. The van der Waals surface area contributed by atoms with Gasteiger partial charge >= 0.3 is 17.7 Å². The molecule has 0 bridgehead atoms. The van der Waals surface area contributed by atoms with E-state index >= 15 is 0 Å². The van der Waals surface area contributed by atoms with E-state index in [1.807, 2.05) is 0 Å². The molecule has 2 N–H and O–H groups in total. The first-order chi connectivity index (χ1) is 12.4. The molecule has 2 aromatic rings. The Morgan fingerprint density at radius 1 is 1.00 bits per heavy atom. The van der Waals surface area contributed by atoms with Crippen molar-refractivity contribution in [2.45, 2.75) is 23.1 Å². The van der Waals surface area contributed by atoms with Crippen LogP contribution in [0.3, 0.4) is 0 Å². The van der Waals surface area contributed by atoms with Crippen molar-refractivity contribution in [3.05, 3.63) is 58.6 Å². The van der Waals surface area contributed by atoms with Gasteiger partial charge in [0.05, 0.1) is 10.6 Å². The molecule has 0 aliphatic heterocycles. The SMILES string of the molecule is O=C(NCc1ccc(Cl)c(C(F)(F)F)c1)Nc1ccc(SC(F)(F)F)cc1. The molecule has 0 aliphatic rings. The number of alkyl halides is 6. The van der Waals surface area contributed by atoms with E-state index in [1.54, 1.807) is 0 Å². The standard InChI is InChI=1S/C16H11ClF6N2OS/c17-13-6-1-9(7-12(13)15(18,19)20)8-24-14(26)25-10-2-4-11(5-3-10)27-16(21,22)23/h1-7H,8H2,(H2,24,25,26). The van der Waals surface area contributed by atoms with Crippen molar-refractivity contribution < 1.29 is 31.1 Å². The summed E-state index contributed by atoms with van der Waals surface area (Å²) in [7, 11) is 0. The zero-order valence-corrected chi connectivity index (χ0v) is 14.8. The van der Waals surface area contributed by atoms with Crippen molar-refractivity contribution in [1.82, 2.24) is 5.32 Å². The lowest BCUT2D eigenvalue weighted by atomic mass is 10.1.